The summed E-state index contributed by atoms with van der Waals surface area (Å²) in [6, 6.07) is 1.21. The summed E-state index contributed by atoms with van der Waals surface area (Å²) in [4.78, 5) is 11.5. The van der Waals surface area contributed by atoms with Gasteiger partial charge in [-0.3, -0.25) is 4.79 Å². The molecule has 0 heterocycles. The molecule has 0 N–H and O–H groups in total. The molecule has 0 aliphatic heterocycles. The van der Waals surface area contributed by atoms with E-state index >= 15 is 0 Å². The van der Waals surface area contributed by atoms with Gasteiger partial charge in [-0.15, -0.1) is 6.58 Å². The Morgan fingerprint density at radius 2 is 1.94 bits per heavy atom. The van der Waals surface area contributed by atoms with E-state index in [2.05, 4.69) is 26.2 Å². The Bertz CT molecular complexity index is 239. The van der Waals surface area contributed by atoms with Gasteiger partial charge >= 0.3 is 5.97 Å². The van der Waals surface area contributed by atoms with E-state index in [1.165, 1.54) is 6.04 Å². The first kappa shape index (κ1) is 15.4. The molecule has 0 fully saturated rings. The molecule has 94 valence electrons. The van der Waals surface area contributed by atoms with E-state index in [-0.39, 0.29) is 11.4 Å². The second-order valence-electron chi connectivity index (χ2n) is 6.25. The van der Waals surface area contributed by atoms with Crippen LogP contribution in [0.5, 0.6) is 0 Å². The maximum Gasteiger partial charge on any atom is 0.306 e. The van der Waals surface area contributed by atoms with Crippen molar-refractivity contribution < 1.29 is 9.53 Å². The van der Waals surface area contributed by atoms with Crippen LogP contribution in [-0.2, 0) is 9.53 Å². The molecule has 0 radical (unpaired) electrons. The third-order valence-electron chi connectivity index (χ3n) is 2.49. The predicted octanol–water partition coefficient (Wildman–Crippen LogP) is 3.86. The van der Waals surface area contributed by atoms with Crippen molar-refractivity contribution in [3.63, 3.8) is 0 Å². The average Bonchev–Trinajstić information content (AvgIpc) is 2.10. The number of hydrogen-bond acceptors (Lipinski definition) is 2. The molecule has 0 unspecified atom stereocenters. The lowest BCUT2D eigenvalue weighted by molar-refractivity contribution is -0.145. The number of ether oxygens (including phenoxy) is 1. The zero-order valence-corrected chi connectivity index (χ0v) is 12.4. The first-order chi connectivity index (χ1) is 7.16. The van der Waals surface area contributed by atoms with Gasteiger partial charge in [-0.25, -0.2) is 0 Å². The van der Waals surface area contributed by atoms with Gasteiger partial charge in [-0.2, -0.15) is 0 Å². The van der Waals surface area contributed by atoms with Crippen LogP contribution >= 0.6 is 0 Å². The van der Waals surface area contributed by atoms with Crippen molar-refractivity contribution in [1.29, 1.82) is 0 Å². The Morgan fingerprint density at radius 3 is 2.38 bits per heavy atom. The summed E-state index contributed by atoms with van der Waals surface area (Å²) in [6.45, 7) is 15.2. The van der Waals surface area contributed by atoms with Crippen molar-refractivity contribution >= 4 is 14.0 Å². The van der Waals surface area contributed by atoms with Gasteiger partial charge in [0.1, 0.15) is 0 Å². The summed E-state index contributed by atoms with van der Waals surface area (Å²) in [7, 11) is -0.990. The fourth-order valence-corrected chi connectivity index (χ4v) is 2.49. The molecule has 0 aliphatic rings. The van der Waals surface area contributed by atoms with Crippen LogP contribution in [-0.4, -0.2) is 20.7 Å². The van der Waals surface area contributed by atoms with Crippen molar-refractivity contribution in [2.45, 2.75) is 52.4 Å². The fourth-order valence-electron chi connectivity index (χ4n) is 1.28. The topological polar surface area (TPSA) is 26.3 Å². The predicted molar refractivity (Wildman–Crippen MR) is 72.3 cm³/mol. The molecule has 0 saturated heterocycles. The molecular formula is C13H26O2Si. The van der Waals surface area contributed by atoms with Crippen LogP contribution in [0, 0.1) is 5.41 Å². The third-order valence-corrected chi connectivity index (χ3v) is 4.34. The molecule has 2 nitrogen and oxygen atoms in total. The summed E-state index contributed by atoms with van der Waals surface area (Å²) >= 11 is 0. The van der Waals surface area contributed by atoms with Crippen molar-refractivity contribution in [2.24, 2.45) is 5.41 Å². The number of esters is 1. The van der Waals surface area contributed by atoms with Crippen molar-refractivity contribution in [2.75, 3.05) is 6.61 Å². The normalized spacial score (nSPS) is 12.3. The van der Waals surface area contributed by atoms with E-state index in [9.17, 15) is 4.79 Å². The summed E-state index contributed by atoms with van der Waals surface area (Å²) in [5.74, 6) is -0.111. The van der Waals surface area contributed by atoms with Gasteiger partial charge in [0.2, 0.25) is 0 Å². The van der Waals surface area contributed by atoms with Crippen LogP contribution in [0.2, 0.25) is 25.7 Å². The quantitative estimate of drug-likeness (QED) is 0.293. The van der Waals surface area contributed by atoms with E-state index in [1.54, 1.807) is 6.08 Å². The molecule has 0 aromatic heterocycles. The number of rotatable bonds is 7. The zero-order valence-electron chi connectivity index (χ0n) is 11.4. The van der Waals surface area contributed by atoms with Crippen LogP contribution in [0.15, 0.2) is 12.7 Å². The average molecular weight is 242 g/mol. The largest absolute Gasteiger partial charge is 0.466 e. The smallest absolute Gasteiger partial charge is 0.306 e. The van der Waals surface area contributed by atoms with E-state index < -0.39 is 8.07 Å². The highest BCUT2D eigenvalue weighted by Gasteiger charge is 2.19. The highest BCUT2D eigenvalue weighted by molar-refractivity contribution is 6.76. The molecule has 0 spiro atoms. The molecular weight excluding hydrogens is 216 g/mol. The lowest BCUT2D eigenvalue weighted by Crippen LogP contribution is -2.21. The van der Waals surface area contributed by atoms with E-state index in [1.807, 2.05) is 13.8 Å². The van der Waals surface area contributed by atoms with Crippen LogP contribution in [0.4, 0.5) is 0 Å². The molecule has 0 aliphatic carbocycles. The summed E-state index contributed by atoms with van der Waals surface area (Å²) in [6.07, 6.45) is 3.22. The Hall–Kier alpha value is -0.573. The first-order valence-corrected chi connectivity index (χ1v) is 9.66. The minimum Gasteiger partial charge on any atom is -0.466 e. The maximum absolute atomic E-state index is 11.5. The Balaban J connectivity index is 3.71. The van der Waals surface area contributed by atoms with Crippen LogP contribution in [0.3, 0.4) is 0 Å². The minimum atomic E-state index is -0.990. The number of carbonyl (C=O) groups excluding carboxylic acids is 1. The van der Waals surface area contributed by atoms with Gasteiger partial charge in [0.25, 0.3) is 0 Å². The van der Waals surface area contributed by atoms with Crippen molar-refractivity contribution in [3.05, 3.63) is 12.7 Å². The molecule has 16 heavy (non-hydrogen) atoms. The van der Waals surface area contributed by atoms with Gasteiger partial charge < -0.3 is 4.74 Å². The molecule has 0 atom stereocenters. The van der Waals surface area contributed by atoms with E-state index in [0.29, 0.717) is 13.0 Å². The van der Waals surface area contributed by atoms with Gasteiger partial charge in [0.15, 0.2) is 0 Å². The second kappa shape index (κ2) is 6.23. The van der Waals surface area contributed by atoms with Gasteiger partial charge in [-0.05, 0) is 11.8 Å². The molecule has 0 aromatic rings. The monoisotopic (exact) mass is 242 g/mol. The standard InChI is InChI=1S/C13H26O2Si/c1-7-13(2,3)11-12(14)15-9-8-10-16(4,5)6/h7H,1,8-11H2,2-6H3. The lowest BCUT2D eigenvalue weighted by atomic mass is 9.90. The zero-order chi connectivity index (χ0) is 12.8. The summed E-state index contributed by atoms with van der Waals surface area (Å²) in [5.41, 5.74) is -0.157. The first-order valence-electron chi connectivity index (χ1n) is 5.95. The summed E-state index contributed by atoms with van der Waals surface area (Å²) in [5, 5.41) is 0. The highest BCUT2D eigenvalue weighted by atomic mass is 28.3. The molecule has 0 amide bonds. The number of hydrogen-bond donors (Lipinski definition) is 0. The molecule has 0 rings (SSSR count). The van der Waals surface area contributed by atoms with Gasteiger partial charge in [-0.1, -0.05) is 45.6 Å². The number of carbonyl (C=O) groups is 1. The van der Waals surface area contributed by atoms with Crippen molar-refractivity contribution in [1.82, 2.24) is 0 Å². The van der Waals surface area contributed by atoms with Crippen molar-refractivity contribution in [3.8, 4) is 0 Å². The van der Waals surface area contributed by atoms with Crippen LogP contribution in [0.25, 0.3) is 0 Å². The van der Waals surface area contributed by atoms with Gasteiger partial charge in [0.05, 0.1) is 13.0 Å². The third kappa shape index (κ3) is 8.71. The maximum atomic E-state index is 11.5. The van der Waals surface area contributed by atoms with Crippen LogP contribution < -0.4 is 0 Å². The SMILES string of the molecule is C=CC(C)(C)CC(=O)OCCC[Si](C)(C)C. The fraction of sp³-hybridized carbons (Fsp3) is 0.769. The van der Waals surface area contributed by atoms with Crippen LogP contribution in [0.1, 0.15) is 26.7 Å². The Labute approximate surface area is 101 Å². The van der Waals surface area contributed by atoms with E-state index in [0.717, 1.165) is 6.42 Å². The minimum absolute atomic E-state index is 0.111. The Kier molecular flexibility index (Phi) is 6.01. The summed E-state index contributed by atoms with van der Waals surface area (Å²) < 4.78 is 5.21. The molecule has 0 bridgehead atoms. The molecule has 0 saturated carbocycles. The lowest BCUT2D eigenvalue weighted by Gasteiger charge is -2.19. The molecule has 3 heteroatoms. The second-order valence-corrected chi connectivity index (χ2v) is 11.9. The molecule has 0 aromatic carbocycles. The van der Waals surface area contributed by atoms with E-state index in [4.69, 9.17) is 4.74 Å². The Morgan fingerprint density at radius 1 is 1.38 bits per heavy atom. The van der Waals surface area contributed by atoms with Gasteiger partial charge in [0, 0.05) is 8.07 Å². The number of allylic oxidation sites excluding steroid dienone is 1. The highest BCUT2D eigenvalue weighted by Crippen LogP contribution is 2.21.